The number of benzene rings is 2. The van der Waals surface area contributed by atoms with Crippen LogP contribution in [0.2, 0.25) is 0 Å². The molecule has 0 saturated carbocycles. The monoisotopic (exact) mass is 569 g/mol. The third kappa shape index (κ3) is 11.4. The van der Waals surface area contributed by atoms with E-state index >= 15 is 0 Å². The number of aliphatic hydroxyl groups is 1. The van der Waals surface area contributed by atoms with Crippen molar-refractivity contribution in [1.82, 2.24) is 14.9 Å². The number of imidazole rings is 1. The standard InChI is InChI=1S/C31H43N3O7/c1-23(35)41-22-27-18-26(12-13-28(27)36)29(37)19-32-14-5-2-3-6-15-40-16-7-4-9-24-10-8-11-25(17-24)21-34-30(38)20-33-31(34)39/h8,10-13,17-18,20,29,32,36-38H,2-7,9,14-16,19,21-22H2,1H3,(H,33,39)/t29-/m0/s1. The molecule has 41 heavy (non-hydrogen) atoms. The summed E-state index contributed by atoms with van der Waals surface area (Å²) in [5, 5.41) is 33.4. The van der Waals surface area contributed by atoms with E-state index in [1.54, 1.807) is 12.1 Å². The maximum Gasteiger partial charge on any atom is 0.328 e. The van der Waals surface area contributed by atoms with Crippen molar-refractivity contribution in [1.29, 1.82) is 0 Å². The number of aromatic nitrogens is 2. The lowest BCUT2D eigenvalue weighted by molar-refractivity contribution is -0.142. The van der Waals surface area contributed by atoms with Crippen LogP contribution in [0.1, 0.15) is 73.8 Å². The first kappa shape index (κ1) is 31.9. The van der Waals surface area contributed by atoms with Crippen LogP contribution in [0.4, 0.5) is 0 Å². The number of rotatable bonds is 19. The number of unbranched alkanes of at least 4 members (excludes halogenated alkanes) is 4. The second-order valence-corrected chi connectivity index (χ2v) is 10.2. The molecule has 0 radical (unpaired) electrons. The molecule has 1 heterocycles. The van der Waals surface area contributed by atoms with E-state index in [0.29, 0.717) is 24.2 Å². The van der Waals surface area contributed by atoms with Gasteiger partial charge in [-0.3, -0.25) is 9.36 Å². The van der Waals surface area contributed by atoms with E-state index in [4.69, 9.17) is 9.47 Å². The lowest BCUT2D eigenvalue weighted by Gasteiger charge is -2.14. The fraction of sp³-hybridized carbons (Fsp3) is 0.484. The van der Waals surface area contributed by atoms with E-state index in [9.17, 15) is 24.9 Å². The number of carbonyl (C=O) groups excluding carboxylic acids is 1. The average molecular weight is 570 g/mol. The molecule has 0 unspecified atom stereocenters. The van der Waals surface area contributed by atoms with Gasteiger partial charge in [0.2, 0.25) is 5.88 Å². The Labute approximate surface area is 241 Å². The number of H-pyrrole nitrogens is 1. The third-order valence-electron chi connectivity index (χ3n) is 6.83. The van der Waals surface area contributed by atoms with E-state index in [-0.39, 0.29) is 23.9 Å². The van der Waals surface area contributed by atoms with Crippen LogP contribution in [-0.2, 0) is 33.8 Å². The van der Waals surface area contributed by atoms with Gasteiger partial charge in [0.25, 0.3) is 0 Å². The highest BCUT2D eigenvalue weighted by Crippen LogP contribution is 2.23. The number of aromatic amines is 1. The van der Waals surface area contributed by atoms with Gasteiger partial charge >= 0.3 is 11.7 Å². The molecule has 10 heteroatoms. The van der Waals surface area contributed by atoms with Crippen LogP contribution in [0.15, 0.2) is 53.5 Å². The largest absolute Gasteiger partial charge is 0.508 e. The molecule has 3 rings (SSSR count). The lowest BCUT2D eigenvalue weighted by atomic mass is 10.1. The van der Waals surface area contributed by atoms with Crippen molar-refractivity contribution in [2.24, 2.45) is 0 Å². The number of hydrogen-bond donors (Lipinski definition) is 5. The van der Waals surface area contributed by atoms with Gasteiger partial charge in [-0.25, -0.2) is 4.79 Å². The van der Waals surface area contributed by atoms with E-state index in [2.05, 4.69) is 22.4 Å². The van der Waals surface area contributed by atoms with Gasteiger partial charge in [0, 0.05) is 32.2 Å². The third-order valence-corrected chi connectivity index (χ3v) is 6.83. The van der Waals surface area contributed by atoms with Gasteiger partial charge < -0.3 is 35.1 Å². The molecule has 0 bridgehead atoms. The Kier molecular flexibility index (Phi) is 13.4. The molecule has 10 nitrogen and oxygen atoms in total. The van der Waals surface area contributed by atoms with E-state index in [1.165, 1.54) is 29.3 Å². The molecule has 0 aliphatic carbocycles. The number of esters is 1. The number of hydrogen-bond acceptors (Lipinski definition) is 8. The van der Waals surface area contributed by atoms with Crippen molar-refractivity contribution < 1.29 is 29.6 Å². The van der Waals surface area contributed by atoms with Gasteiger partial charge in [-0.15, -0.1) is 0 Å². The van der Waals surface area contributed by atoms with Crippen LogP contribution in [-0.4, -0.2) is 57.1 Å². The minimum atomic E-state index is -0.714. The second kappa shape index (κ2) is 17.3. The average Bonchev–Trinajstić information content (AvgIpc) is 3.27. The molecule has 0 amide bonds. The highest BCUT2D eigenvalue weighted by molar-refractivity contribution is 5.66. The number of phenolic OH excluding ortho intramolecular Hbond substituents is 1. The van der Waals surface area contributed by atoms with Crippen LogP contribution in [0.3, 0.4) is 0 Å². The molecule has 0 spiro atoms. The summed E-state index contributed by atoms with van der Waals surface area (Å²) in [6.07, 6.45) is 7.74. The summed E-state index contributed by atoms with van der Waals surface area (Å²) >= 11 is 0. The first-order chi connectivity index (χ1) is 19.8. The van der Waals surface area contributed by atoms with Crippen molar-refractivity contribution in [3.05, 3.63) is 81.4 Å². The maximum atomic E-state index is 11.7. The lowest BCUT2D eigenvalue weighted by Crippen LogP contribution is -2.22. The van der Waals surface area contributed by atoms with Gasteiger partial charge in [0.15, 0.2) is 0 Å². The predicted molar refractivity (Wildman–Crippen MR) is 156 cm³/mol. The quantitative estimate of drug-likeness (QED) is 0.108. The van der Waals surface area contributed by atoms with Crippen molar-refractivity contribution in [2.45, 2.75) is 71.1 Å². The summed E-state index contributed by atoms with van der Waals surface area (Å²) in [6, 6.07) is 12.9. The molecule has 0 aliphatic rings. The van der Waals surface area contributed by atoms with Gasteiger partial charge in [0.05, 0.1) is 18.8 Å². The number of phenols is 1. The Hall–Kier alpha value is -3.60. The number of aliphatic hydroxyl groups excluding tert-OH is 1. The number of aromatic hydroxyl groups is 2. The number of nitrogens with zero attached hydrogens (tertiary/aromatic N) is 1. The molecule has 1 aromatic heterocycles. The zero-order chi connectivity index (χ0) is 29.5. The number of carbonyl (C=O) groups is 1. The Morgan fingerprint density at radius 1 is 1.00 bits per heavy atom. The number of ether oxygens (including phenoxy) is 2. The molecular formula is C31H43N3O7. The molecule has 0 fully saturated rings. The SMILES string of the molecule is CC(=O)OCc1cc([C@@H](O)CNCCCCCCOCCCCc2cccc(Cn3c(O)c[nH]c3=O)c2)ccc1O. The molecule has 3 aromatic rings. The van der Waals surface area contributed by atoms with Crippen LogP contribution in [0.5, 0.6) is 11.6 Å². The Bertz CT molecular complexity index is 1270. The molecule has 0 aliphatic heterocycles. The van der Waals surface area contributed by atoms with Crippen molar-refractivity contribution >= 4 is 5.97 Å². The first-order valence-corrected chi connectivity index (χ1v) is 14.3. The van der Waals surface area contributed by atoms with Crippen LogP contribution in [0, 0.1) is 0 Å². The zero-order valence-corrected chi connectivity index (χ0v) is 23.8. The molecular weight excluding hydrogens is 526 g/mol. The minimum absolute atomic E-state index is 0.0266. The normalized spacial score (nSPS) is 12.0. The Balaban J connectivity index is 1.17. The topological polar surface area (TPSA) is 146 Å². The molecule has 5 N–H and O–H groups in total. The summed E-state index contributed by atoms with van der Waals surface area (Å²) in [7, 11) is 0. The van der Waals surface area contributed by atoms with Crippen LogP contribution < -0.4 is 11.0 Å². The molecule has 2 aromatic carbocycles. The van der Waals surface area contributed by atoms with E-state index < -0.39 is 12.1 Å². The predicted octanol–water partition coefficient (Wildman–Crippen LogP) is 3.92. The minimum Gasteiger partial charge on any atom is -0.508 e. The van der Waals surface area contributed by atoms with Crippen molar-refractivity contribution in [3.8, 4) is 11.6 Å². The summed E-state index contributed by atoms with van der Waals surface area (Å²) in [5.41, 5.74) is 2.99. The molecule has 224 valence electrons. The summed E-state index contributed by atoms with van der Waals surface area (Å²) in [5.74, 6) is -0.453. The van der Waals surface area contributed by atoms with Crippen molar-refractivity contribution in [2.75, 3.05) is 26.3 Å². The fourth-order valence-electron chi connectivity index (χ4n) is 4.51. The summed E-state index contributed by atoms with van der Waals surface area (Å²) in [6.45, 7) is 4.33. The number of aryl methyl sites for hydroxylation is 1. The van der Waals surface area contributed by atoms with Gasteiger partial charge in [0.1, 0.15) is 12.4 Å². The second-order valence-electron chi connectivity index (χ2n) is 10.2. The molecule has 1 atom stereocenters. The fourth-order valence-corrected chi connectivity index (χ4v) is 4.51. The maximum absolute atomic E-state index is 11.7. The van der Waals surface area contributed by atoms with Crippen LogP contribution in [0.25, 0.3) is 0 Å². The summed E-state index contributed by atoms with van der Waals surface area (Å²) in [4.78, 5) is 25.2. The molecule has 0 saturated heterocycles. The van der Waals surface area contributed by atoms with Crippen molar-refractivity contribution in [3.63, 3.8) is 0 Å². The van der Waals surface area contributed by atoms with E-state index in [1.807, 2.05) is 12.1 Å². The van der Waals surface area contributed by atoms with Gasteiger partial charge in [-0.05, 0) is 67.5 Å². The Morgan fingerprint density at radius 2 is 1.76 bits per heavy atom. The number of nitrogens with one attached hydrogen (secondary N) is 2. The highest BCUT2D eigenvalue weighted by atomic mass is 16.5. The zero-order valence-electron chi connectivity index (χ0n) is 23.8. The van der Waals surface area contributed by atoms with Crippen LogP contribution >= 0.6 is 0 Å². The van der Waals surface area contributed by atoms with E-state index in [0.717, 1.165) is 70.3 Å². The highest BCUT2D eigenvalue weighted by Gasteiger charge is 2.11. The summed E-state index contributed by atoms with van der Waals surface area (Å²) < 4.78 is 12.0. The van der Waals surface area contributed by atoms with Gasteiger partial charge in [-0.2, -0.15) is 0 Å². The first-order valence-electron chi connectivity index (χ1n) is 14.3. The Morgan fingerprint density at radius 3 is 2.51 bits per heavy atom. The smallest absolute Gasteiger partial charge is 0.328 e. The van der Waals surface area contributed by atoms with Gasteiger partial charge in [-0.1, -0.05) is 43.2 Å².